The van der Waals surface area contributed by atoms with E-state index in [-0.39, 0.29) is 18.7 Å². The Morgan fingerprint density at radius 2 is 1.68 bits per heavy atom. The van der Waals surface area contributed by atoms with Crippen LogP contribution in [-0.2, 0) is 35.4 Å². The van der Waals surface area contributed by atoms with E-state index < -0.39 is 0 Å². The molecule has 2 aromatic carbocycles. The second-order valence-electron chi connectivity index (χ2n) is 8.78. The Kier molecular flexibility index (Phi) is 6.20. The molecule has 2 aliphatic heterocycles. The lowest BCUT2D eigenvalue weighted by molar-refractivity contribution is -0.0337. The number of anilines is 1. The molecule has 4 aromatic rings. The SMILES string of the molecule is Cc1c(Cc2ccccc2)c2c(N3CCc4ccccc4C3)nccc2n1CC1OC=CO1.Cl. The molecule has 0 aliphatic carbocycles. The predicted molar refractivity (Wildman–Crippen MR) is 137 cm³/mol. The fourth-order valence-corrected chi connectivity index (χ4v) is 5.15. The summed E-state index contributed by atoms with van der Waals surface area (Å²) in [5, 5.41) is 1.24. The zero-order chi connectivity index (χ0) is 22.2. The van der Waals surface area contributed by atoms with Crippen LogP contribution in [0.4, 0.5) is 5.82 Å². The highest BCUT2D eigenvalue weighted by Gasteiger charge is 2.25. The van der Waals surface area contributed by atoms with Crippen molar-refractivity contribution in [3.8, 4) is 0 Å². The predicted octanol–water partition coefficient (Wildman–Crippen LogP) is 5.76. The Labute approximate surface area is 206 Å². The van der Waals surface area contributed by atoms with Gasteiger partial charge in [0.25, 0.3) is 6.29 Å². The molecule has 4 heterocycles. The minimum atomic E-state index is -0.303. The summed E-state index contributed by atoms with van der Waals surface area (Å²) in [4.78, 5) is 7.37. The molecular weight excluding hydrogens is 446 g/mol. The molecule has 0 atom stereocenters. The van der Waals surface area contributed by atoms with Crippen molar-refractivity contribution in [2.75, 3.05) is 11.4 Å². The van der Waals surface area contributed by atoms with Gasteiger partial charge >= 0.3 is 0 Å². The fraction of sp³-hybridized carbons (Fsp3) is 0.250. The molecule has 5 nitrogen and oxygen atoms in total. The molecule has 0 N–H and O–H groups in total. The Bertz CT molecular complexity index is 1320. The maximum Gasteiger partial charge on any atom is 0.257 e. The second kappa shape index (κ2) is 9.43. The van der Waals surface area contributed by atoms with Crippen LogP contribution in [0.2, 0.25) is 0 Å². The summed E-state index contributed by atoms with van der Waals surface area (Å²) < 4.78 is 13.6. The van der Waals surface area contributed by atoms with Crippen molar-refractivity contribution in [3.05, 3.63) is 107 Å². The van der Waals surface area contributed by atoms with Crippen LogP contribution >= 0.6 is 12.4 Å². The fourth-order valence-electron chi connectivity index (χ4n) is 5.15. The van der Waals surface area contributed by atoms with E-state index >= 15 is 0 Å². The molecule has 6 rings (SSSR count). The molecule has 0 spiro atoms. The molecule has 0 bridgehead atoms. The van der Waals surface area contributed by atoms with E-state index in [1.54, 1.807) is 12.5 Å². The molecule has 0 radical (unpaired) electrons. The number of aromatic nitrogens is 2. The molecule has 0 unspecified atom stereocenters. The molecule has 0 saturated heterocycles. The molecule has 174 valence electrons. The number of hydrogen-bond donors (Lipinski definition) is 0. The molecule has 34 heavy (non-hydrogen) atoms. The topological polar surface area (TPSA) is 39.5 Å². The van der Waals surface area contributed by atoms with Crippen LogP contribution in [0.15, 0.2) is 79.4 Å². The highest BCUT2D eigenvalue weighted by Crippen LogP contribution is 2.36. The number of hydrogen-bond acceptors (Lipinski definition) is 4. The standard InChI is InChI=1S/C28H27N3O2.ClH/c1-20-24(17-21-7-3-2-4-8-21)27-25(31(20)19-26-32-15-16-33-26)11-13-29-28(27)30-14-12-22-9-5-6-10-23(22)18-30;/h2-11,13,15-16,26H,12,14,17-19H2,1H3;1H. The number of halogens is 1. The molecular formula is C28H28ClN3O2. The Morgan fingerprint density at radius 1 is 0.941 bits per heavy atom. The molecule has 6 heteroatoms. The van der Waals surface area contributed by atoms with Gasteiger partial charge in [0.15, 0.2) is 0 Å². The first-order valence-electron chi connectivity index (χ1n) is 11.6. The van der Waals surface area contributed by atoms with Gasteiger partial charge in [-0.15, -0.1) is 12.4 Å². The van der Waals surface area contributed by atoms with Crippen LogP contribution in [0.25, 0.3) is 10.9 Å². The van der Waals surface area contributed by atoms with Gasteiger partial charge in [-0.1, -0.05) is 54.6 Å². The van der Waals surface area contributed by atoms with E-state index in [4.69, 9.17) is 14.5 Å². The summed E-state index contributed by atoms with van der Waals surface area (Å²) in [6.45, 7) is 4.69. The lowest BCUT2D eigenvalue weighted by Crippen LogP contribution is -2.31. The summed E-state index contributed by atoms with van der Waals surface area (Å²) in [6.07, 6.45) is 6.78. The summed E-state index contributed by atoms with van der Waals surface area (Å²) in [6, 6.07) is 21.6. The Balaban J connectivity index is 0.00000241. The van der Waals surface area contributed by atoms with Crippen molar-refractivity contribution >= 4 is 29.1 Å². The van der Waals surface area contributed by atoms with Gasteiger partial charge in [-0.25, -0.2) is 4.98 Å². The smallest absolute Gasteiger partial charge is 0.257 e. The first kappa shape index (κ1) is 22.4. The third-order valence-electron chi connectivity index (χ3n) is 6.84. The normalized spacial score (nSPS) is 15.0. The number of pyridine rings is 1. The number of ether oxygens (including phenoxy) is 2. The summed E-state index contributed by atoms with van der Waals surface area (Å²) >= 11 is 0. The van der Waals surface area contributed by atoms with Gasteiger partial charge in [-0.2, -0.15) is 0 Å². The molecule has 0 fully saturated rings. The molecule has 2 aromatic heterocycles. The van der Waals surface area contributed by atoms with Crippen molar-refractivity contribution in [3.63, 3.8) is 0 Å². The van der Waals surface area contributed by atoms with E-state index in [1.165, 1.54) is 38.9 Å². The maximum absolute atomic E-state index is 5.62. The highest BCUT2D eigenvalue weighted by atomic mass is 35.5. The van der Waals surface area contributed by atoms with Crippen molar-refractivity contribution in [2.45, 2.75) is 39.1 Å². The zero-order valence-electron chi connectivity index (χ0n) is 19.2. The molecule has 0 saturated carbocycles. The Morgan fingerprint density at radius 3 is 2.47 bits per heavy atom. The molecule has 0 amide bonds. The highest BCUT2D eigenvalue weighted by molar-refractivity contribution is 5.95. The summed E-state index contributed by atoms with van der Waals surface area (Å²) in [5.41, 5.74) is 7.88. The van der Waals surface area contributed by atoms with Crippen LogP contribution < -0.4 is 4.90 Å². The number of fused-ring (bicyclic) bond motifs is 2. The Hall–Kier alpha value is -3.44. The van der Waals surface area contributed by atoms with Crippen LogP contribution in [-0.4, -0.2) is 22.4 Å². The first-order valence-corrected chi connectivity index (χ1v) is 11.6. The summed E-state index contributed by atoms with van der Waals surface area (Å²) in [5.74, 6) is 1.07. The average Bonchev–Trinajstić information content (AvgIpc) is 3.47. The van der Waals surface area contributed by atoms with Gasteiger partial charge in [0, 0.05) is 30.4 Å². The van der Waals surface area contributed by atoms with Crippen molar-refractivity contribution in [1.82, 2.24) is 9.55 Å². The van der Waals surface area contributed by atoms with E-state index in [2.05, 4.69) is 77.1 Å². The second-order valence-corrected chi connectivity index (χ2v) is 8.78. The van der Waals surface area contributed by atoms with Crippen molar-refractivity contribution in [1.29, 1.82) is 0 Å². The van der Waals surface area contributed by atoms with E-state index in [9.17, 15) is 0 Å². The lowest BCUT2D eigenvalue weighted by Gasteiger charge is -2.30. The summed E-state index contributed by atoms with van der Waals surface area (Å²) in [7, 11) is 0. The van der Waals surface area contributed by atoms with E-state index in [0.717, 1.165) is 31.7 Å². The van der Waals surface area contributed by atoms with Gasteiger partial charge in [-0.05, 0) is 48.1 Å². The van der Waals surface area contributed by atoms with Crippen molar-refractivity contribution < 1.29 is 9.47 Å². The minimum Gasteiger partial charge on any atom is -0.457 e. The van der Waals surface area contributed by atoms with E-state index in [1.807, 2.05) is 6.20 Å². The minimum absolute atomic E-state index is 0. The van der Waals surface area contributed by atoms with Gasteiger partial charge < -0.3 is 18.9 Å². The number of benzene rings is 2. The third-order valence-corrected chi connectivity index (χ3v) is 6.84. The maximum atomic E-state index is 5.62. The van der Waals surface area contributed by atoms with Gasteiger partial charge in [0.05, 0.1) is 12.1 Å². The van der Waals surface area contributed by atoms with E-state index in [0.29, 0.717) is 6.54 Å². The van der Waals surface area contributed by atoms with Gasteiger partial charge in [0.2, 0.25) is 0 Å². The number of rotatable bonds is 5. The largest absolute Gasteiger partial charge is 0.457 e. The first-order chi connectivity index (χ1) is 16.3. The lowest BCUT2D eigenvalue weighted by atomic mass is 9.98. The molecule has 2 aliphatic rings. The van der Waals surface area contributed by atoms with Crippen LogP contribution in [0.5, 0.6) is 0 Å². The van der Waals surface area contributed by atoms with Gasteiger partial charge in [-0.3, -0.25) is 0 Å². The van der Waals surface area contributed by atoms with Crippen LogP contribution in [0.3, 0.4) is 0 Å². The third kappa shape index (κ3) is 4.01. The van der Waals surface area contributed by atoms with Crippen LogP contribution in [0, 0.1) is 6.92 Å². The van der Waals surface area contributed by atoms with Crippen LogP contribution in [0.1, 0.15) is 27.9 Å². The zero-order valence-corrected chi connectivity index (χ0v) is 20.0. The average molecular weight is 474 g/mol. The quantitative estimate of drug-likeness (QED) is 0.369. The monoisotopic (exact) mass is 473 g/mol. The van der Waals surface area contributed by atoms with Gasteiger partial charge in [0.1, 0.15) is 18.3 Å². The number of nitrogens with zero attached hydrogens (tertiary/aromatic N) is 3. The van der Waals surface area contributed by atoms with Crippen molar-refractivity contribution in [2.24, 2.45) is 0 Å².